The first-order chi connectivity index (χ1) is 8.74. The molecule has 4 nitrogen and oxygen atoms in total. The molecule has 0 spiro atoms. The van der Waals surface area contributed by atoms with Crippen molar-refractivity contribution in [2.24, 2.45) is 0 Å². The Morgan fingerprint density at radius 3 is 2.78 bits per heavy atom. The van der Waals surface area contributed by atoms with Crippen LogP contribution in [0.1, 0.15) is 0 Å². The molecule has 0 bridgehead atoms. The van der Waals surface area contributed by atoms with Gasteiger partial charge in [0, 0.05) is 5.56 Å². The van der Waals surface area contributed by atoms with Crippen LogP contribution in [0.4, 0.5) is 4.39 Å². The number of aromatic nitrogens is 2. The van der Waals surface area contributed by atoms with Gasteiger partial charge in [0.05, 0.1) is 6.20 Å². The van der Waals surface area contributed by atoms with Crippen molar-refractivity contribution in [2.45, 2.75) is 0 Å². The first-order valence-electron chi connectivity index (χ1n) is 5.32. The number of halogens is 2. The first kappa shape index (κ1) is 11.2. The van der Waals surface area contributed by atoms with E-state index in [1.807, 2.05) is 0 Å². The lowest BCUT2D eigenvalue weighted by molar-refractivity contribution is 0.171. The minimum Gasteiger partial charge on any atom is -0.486 e. The van der Waals surface area contributed by atoms with Gasteiger partial charge in [-0.15, -0.1) is 0 Å². The molecule has 1 aliphatic rings. The van der Waals surface area contributed by atoms with Gasteiger partial charge in [-0.2, -0.15) is 0 Å². The maximum Gasteiger partial charge on any atom is 0.223 e. The van der Waals surface area contributed by atoms with Gasteiger partial charge in [0.25, 0.3) is 0 Å². The number of hydrogen-bond acceptors (Lipinski definition) is 4. The third-order valence-electron chi connectivity index (χ3n) is 2.53. The number of fused-ring (bicyclic) bond motifs is 1. The summed E-state index contributed by atoms with van der Waals surface area (Å²) in [5.41, 5.74) is 0.716. The predicted molar refractivity (Wildman–Crippen MR) is 63.4 cm³/mol. The van der Waals surface area contributed by atoms with Crippen LogP contribution in [0.15, 0.2) is 24.4 Å². The second kappa shape index (κ2) is 4.42. The summed E-state index contributed by atoms with van der Waals surface area (Å²) in [6.45, 7) is 0.990. The molecule has 0 amide bonds. The van der Waals surface area contributed by atoms with Gasteiger partial charge in [0.15, 0.2) is 17.3 Å². The van der Waals surface area contributed by atoms with Crippen molar-refractivity contribution < 1.29 is 13.9 Å². The molecule has 2 heterocycles. The molecule has 0 fully saturated rings. The molecule has 0 saturated carbocycles. The zero-order valence-corrected chi connectivity index (χ0v) is 9.95. The standard InChI is InChI=1S/C12H8ClFN2O2/c13-12-15-6-8(14)11(16-12)7-1-2-9-10(5-7)18-4-3-17-9/h1-2,5-6H,3-4H2. The second-order valence-electron chi connectivity index (χ2n) is 3.69. The molecule has 3 rings (SSSR count). The van der Waals surface area contributed by atoms with Crippen LogP contribution in [0.2, 0.25) is 5.28 Å². The Morgan fingerprint density at radius 1 is 1.17 bits per heavy atom. The van der Waals surface area contributed by atoms with Gasteiger partial charge < -0.3 is 9.47 Å². The van der Waals surface area contributed by atoms with E-state index >= 15 is 0 Å². The van der Waals surface area contributed by atoms with E-state index in [2.05, 4.69) is 9.97 Å². The highest BCUT2D eigenvalue weighted by atomic mass is 35.5. The predicted octanol–water partition coefficient (Wildman–Crippen LogP) is 2.71. The summed E-state index contributed by atoms with van der Waals surface area (Å²) in [5, 5.41) is 0.00119. The molecule has 18 heavy (non-hydrogen) atoms. The Bertz CT molecular complexity index is 607. The third-order valence-corrected chi connectivity index (χ3v) is 2.71. The monoisotopic (exact) mass is 266 g/mol. The summed E-state index contributed by atoms with van der Waals surface area (Å²) < 4.78 is 24.5. The van der Waals surface area contributed by atoms with E-state index in [0.717, 1.165) is 6.20 Å². The highest BCUT2D eigenvalue weighted by Crippen LogP contribution is 2.34. The smallest absolute Gasteiger partial charge is 0.223 e. The third kappa shape index (κ3) is 1.97. The highest BCUT2D eigenvalue weighted by Gasteiger charge is 2.15. The summed E-state index contributed by atoms with van der Waals surface area (Å²) in [5.74, 6) is 0.689. The van der Waals surface area contributed by atoms with E-state index in [4.69, 9.17) is 21.1 Å². The zero-order valence-electron chi connectivity index (χ0n) is 9.19. The van der Waals surface area contributed by atoms with Gasteiger partial charge in [0.2, 0.25) is 5.28 Å². The molecule has 1 aromatic carbocycles. The summed E-state index contributed by atoms with van der Waals surface area (Å²) in [6, 6.07) is 5.10. The lowest BCUT2D eigenvalue weighted by atomic mass is 10.1. The molecular formula is C12H8ClFN2O2. The topological polar surface area (TPSA) is 44.2 Å². The average molecular weight is 267 g/mol. The largest absolute Gasteiger partial charge is 0.486 e. The number of benzene rings is 1. The van der Waals surface area contributed by atoms with Gasteiger partial charge in [-0.05, 0) is 29.8 Å². The Labute approximate surface area is 107 Å². The number of nitrogens with zero attached hydrogens (tertiary/aromatic N) is 2. The van der Waals surface area contributed by atoms with Crippen LogP contribution in [-0.2, 0) is 0 Å². The fourth-order valence-electron chi connectivity index (χ4n) is 1.74. The van der Waals surface area contributed by atoms with Crippen molar-refractivity contribution in [2.75, 3.05) is 13.2 Å². The van der Waals surface area contributed by atoms with Crippen LogP contribution in [0, 0.1) is 5.82 Å². The van der Waals surface area contributed by atoms with Crippen LogP contribution in [0.3, 0.4) is 0 Å². The lowest BCUT2D eigenvalue weighted by Gasteiger charge is -2.18. The van der Waals surface area contributed by atoms with Gasteiger partial charge in [0.1, 0.15) is 18.9 Å². The molecule has 92 valence electrons. The van der Waals surface area contributed by atoms with Crippen molar-refractivity contribution in [1.29, 1.82) is 0 Å². The Hall–Kier alpha value is -1.88. The molecular weight excluding hydrogens is 259 g/mol. The quantitative estimate of drug-likeness (QED) is 0.745. The van der Waals surface area contributed by atoms with Gasteiger partial charge >= 0.3 is 0 Å². The van der Waals surface area contributed by atoms with Gasteiger partial charge in [-0.1, -0.05) is 0 Å². The molecule has 2 aromatic rings. The maximum absolute atomic E-state index is 13.6. The minimum absolute atomic E-state index is 0.00119. The summed E-state index contributed by atoms with van der Waals surface area (Å²) >= 11 is 5.67. The van der Waals surface area contributed by atoms with Crippen LogP contribution >= 0.6 is 11.6 Å². The molecule has 0 unspecified atom stereocenters. The van der Waals surface area contributed by atoms with Crippen molar-refractivity contribution >= 4 is 11.6 Å². The van der Waals surface area contributed by atoms with Gasteiger partial charge in [-0.25, -0.2) is 14.4 Å². The van der Waals surface area contributed by atoms with E-state index in [-0.39, 0.29) is 11.0 Å². The number of ether oxygens (including phenoxy) is 2. The fraction of sp³-hybridized carbons (Fsp3) is 0.167. The van der Waals surface area contributed by atoms with E-state index in [1.165, 1.54) is 0 Å². The lowest BCUT2D eigenvalue weighted by Crippen LogP contribution is -2.15. The second-order valence-corrected chi connectivity index (χ2v) is 4.03. The molecule has 6 heteroatoms. The molecule has 0 N–H and O–H groups in total. The molecule has 0 aliphatic carbocycles. The number of hydrogen-bond donors (Lipinski definition) is 0. The van der Waals surface area contributed by atoms with Crippen molar-refractivity contribution in [1.82, 2.24) is 9.97 Å². The molecule has 0 saturated heterocycles. The van der Waals surface area contributed by atoms with E-state index in [9.17, 15) is 4.39 Å². The van der Waals surface area contributed by atoms with Crippen molar-refractivity contribution in [3.8, 4) is 22.8 Å². The summed E-state index contributed by atoms with van der Waals surface area (Å²) in [7, 11) is 0. The molecule has 1 aromatic heterocycles. The Morgan fingerprint density at radius 2 is 1.94 bits per heavy atom. The van der Waals surface area contributed by atoms with Crippen LogP contribution in [-0.4, -0.2) is 23.2 Å². The van der Waals surface area contributed by atoms with E-state index in [0.29, 0.717) is 30.3 Å². The van der Waals surface area contributed by atoms with Crippen LogP contribution in [0.25, 0.3) is 11.3 Å². The van der Waals surface area contributed by atoms with Crippen molar-refractivity contribution in [3.05, 3.63) is 35.5 Å². The molecule has 0 atom stereocenters. The van der Waals surface area contributed by atoms with E-state index < -0.39 is 5.82 Å². The fourth-order valence-corrected chi connectivity index (χ4v) is 1.87. The van der Waals surface area contributed by atoms with Crippen molar-refractivity contribution in [3.63, 3.8) is 0 Å². The highest BCUT2D eigenvalue weighted by molar-refractivity contribution is 6.28. The SMILES string of the molecule is Fc1cnc(Cl)nc1-c1ccc2c(c1)OCCO2. The molecule has 0 radical (unpaired) electrons. The summed E-state index contributed by atoms with van der Waals surface area (Å²) in [6.07, 6.45) is 1.04. The normalized spacial score (nSPS) is 13.4. The van der Waals surface area contributed by atoms with Gasteiger partial charge in [-0.3, -0.25) is 0 Å². The summed E-state index contributed by atoms with van der Waals surface area (Å²) in [4.78, 5) is 7.45. The molecule has 1 aliphatic heterocycles. The maximum atomic E-state index is 13.6. The first-order valence-corrected chi connectivity index (χ1v) is 5.70. The average Bonchev–Trinajstić information content (AvgIpc) is 2.41. The Balaban J connectivity index is 2.09. The minimum atomic E-state index is -0.531. The van der Waals surface area contributed by atoms with Crippen LogP contribution < -0.4 is 9.47 Å². The number of rotatable bonds is 1. The van der Waals surface area contributed by atoms with E-state index in [1.54, 1.807) is 18.2 Å². The van der Waals surface area contributed by atoms with Crippen LogP contribution in [0.5, 0.6) is 11.5 Å². The zero-order chi connectivity index (χ0) is 12.5. The Kier molecular flexibility index (Phi) is 2.76.